The summed E-state index contributed by atoms with van der Waals surface area (Å²) in [6.07, 6.45) is 4.15. The first-order chi connectivity index (χ1) is 10.5. The van der Waals surface area contributed by atoms with Gasteiger partial charge in [0, 0.05) is 13.1 Å². The van der Waals surface area contributed by atoms with Crippen molar-refractivity contribution in [2.75, 3.05) is 26.2 Å². The first-order valence-electron chi connectivity index (χ1n) is 8.59. The molecule has 124 valence electrons. The van der Waals surface area contributed by atoms with E-state index in [9.17, 15) is 0 Å². The number of hydrogen-bond acceptors (Lipinski definition) is 2. The van der Waals surface area contributed by atoms with Gasteiger partial charge in [-0.3, -0.25) is 0 Å². The Labute approximate surface area is 137 Å². The lowest BCUT2D eigenvalue weighted by atomic mass is 10.1. The number of unbranched alkanes of at least 4 members (excludes halogenated alkanes) is 1. The monoisotopic (exact) mass is 303 g/mol. The summed E-state index contributed by atoms with van der Waals surface area (Å²) in [5, 5.41) is 0. The lowest BCUT2D eigenvalue weighted by Crippen LogP contribution is -2.32. The second kappa shape index (κ2) is 10.4. The molecule has 1 rings (SSSR count). The lowest BCUT2D eigenvalue weighted by Gasteiger charge is -2.26. The molecule has 0 aliphatic carbocycles. The van der Waals surface area contributed by atoms with Crippen LogP contribution in [-0.4, -0.2) is 31.1 Å². The van der Waals surface area contributed by atoms with Gasteiger partial charge < -0.3 is 9.64 Å². The Bertz CT molecular complexity index is 398. The van der Waals surface area contributed by atoms with Gasteiger partial charge in [0.1, 0.15) is 5.75 Å². The molecule has 0 unspecified atom stereocenters. The van der Waals surface area contributed by atoms with Crippen LogP contribution in [0.5, 0.6) is 5.75 Å². The third kappa shape index (κ3) is 8.23. The molecule has 2 heteroatoms. The maximum atomic E-state index is 5.80. The summed E-state index contributed by atoms with van der Waals surface area (Å²) in [6.45, 7) is 17.3. The maximum absolute atomic E-state index is 5.80. The van der Waals surface area contributed by atoms with Gasteiger partial charge in [-0.15, -0.1) is 0 Å². The Hall–Kier alpha value is -1.28. The number of rotatable bonds is 11. The second-order valence-corrected chi connectivity index (χ2v) is 6.88. The summed E-state index contributed by atoms with van der Waals surface area (Å²) in [5.41, 5.74) is 1.13. The highest BCUT2D eigenvalue weighted by molar-refractivity contribution is 5.48. The number of benzene rings is 1. The van der Waals surface area contributed by atoms with Crippen LogP contribution >= 0.6 is 0 Å². The SMILES string of the molecule is C=Cc1ccc(OCCCCN(CC(C)C)CC(C)C)cc1. The van der Waals surface area contributed by atoms with Crippen molar-refractivity contribution in [3.05, 3.63) is 36.4 Å². The van der Waals surface area contributed by atoms with Crippen molar-refractivity contribution in [1.82, 2.24) is 4.90 Å². The minimum Gasteiger partial charge on any atom is -0.494 e. The van der Waals surface area contributed by atoms with Crippen molar-refractivity contribution in [3.63, 3.8) is 0 Å². The van der Waals surface area contributed by atoms with Crippen LogP contribution in [0.1, 0.15) is 46.1 Å². The molecule has 0 heterocycles. The average molecular weight is 303 g/mol. The molecule has 2 nitrogen and oxygen atoms in total. The summed E-state index contributed by atoms with van der Waals surface area (Å²) < 4.78 is 5.80. The standard InChI is InChI=1S/C20H33NO/c1-6-19-9-11-20(12-10-19)22-14-8-7-13-21(15-17(2)3)16-18(4)5/h6,9-12,17-18H,1,7-8,13-16H2,2-5H3. The Morgan fingerprint density at radius 2 is 1.59 bits per heavy atom. The molecular weight excluding hydrogens is 270 g/mol. The smallest absolute Gasteiger partial charge is 0.119 e. The summed E-state index contributed by atoms with van der Waals surface area (Å²) in [4.78, 5) is 2.59. The van der Waals surface area contributed by atoms with Gasteiger partial charge >= 0.3 is 0 Å². The molecule has 0 N–H and O–H groups in total. The van der Waals surface area contributed by atoms with Crippen LogP contribution in [0.3, 0.4) is 0 Å². The molecule has 0 spiro atoms. The molecular formula is C20H33NO. The fourth-order valence-electron chi connectivity index (χ4n) is 2.62. The largest absolute Gasteiger partial charge is 0.494 e. The Balaban J connectivity index is 2.22. The molecule has 22 heavy (non-hydrogen) atoms. The summed E-state index contributed by atoms with van der Waals surface area (Å²) >= 11 is 0. The molecule has 1 aromatic rings. The zero-order valence-electron chi connectivity index (χ0n) is 14.8. The maximum Gasteiger partial charge on any atom is 0.119 e. The number of hydrogen-bond donors (Lipinski definition) is 0. The Morgan fingerprint density at radius 3 is 2.09 bits per heavy atom. The second-order valence-electron chi connectivity index (χ2n) is 6.88. The van der Waals surface area contributed by atoms with Crippen LogP contribution < -0.4 is 4.74 Å². The van der Waals surface area contributed by atoms with Crippen LogP contribution in [0, 0.1) is 11.8 Å². The molecule has 0 aromatic heterocycles. The topological polar surface area (TPSA) is 12.5 Å². The van der Waals surface area contributed by atoms with Crippen LogP contribution in [-0.2, 0) is 0 Å². The van der Waals surface area contributed by atoms with Crippen LogP contribution in [0.2, 0.25) is 0 Å². The van der Waals surface area contributed by atoms with E-state index in [2.05, 4.69) is 39.2 Å². The van der Waals surface area contributed by atoms with E-state index in [1.807, 2.05) is 30.3 Å². The molecule has 0 saturated carbocycles. The van der Waals surface area contributed by atoms with E-state index >= 15 is 0 Å². The highest BCUT2D eigenvalue weighted by Gasteiger charge is 2.08. The van der Waals surface area contributed by atoms with E-state index in [1.165, 1.54) is 26.1 Å². The molecule has 0 aliphatic heterocycles. The number of nitrogens with zero attached hydrogens (tertiary/aromatic N) is 1. The van der Waals surface area contributed by atoms with E-state index in [0.717, 1.165) is 36.2 Å². The van der Waals surface area contributed by atoms with Gasteiger partial charge in [0.15, 0.2) is 0 Å². The molecule has 0 bridgehead atoms. The third-order valence-electron chi connectivity index (χ3n) is 3.50. The van der Waals surface area contributed by atoms with Crippen molar-refractivity contribution in [3.8, 4) is 5.75 Å². The van der Waals surface area contributed by atoms with Crippen LogP contribution in [0.25, 0.3) is 6.08 Å². The van der Waals surface area contributed by atoms with Gasteiger partial charge in [-0.25, -0.2) is 0 Å². The lowest BCUT2D eigenvalue weighted by molar-refractivity contribution is 0.208. The molecule has 1 aromatic carbocycles. The van der Waals surface area contributed by atoms with E-state index < -0.39 is 0 Å². The fraction of sp³-hybridized carbons (Fsp3) is 0.600. The van der Waals surface area contributed by atoms with Gasteiger partial charge in [0.05, 0.1) is 6.61 Å². The third-order valence-corrected chi connectivity index (χ3v) is 3.50. The Morgan fingerprint density at radius 1 is 1.00 bits per heavy atom. The quantitative estimate of drug-likeness (QED) is 0.527. The van der Waals surface area contributed by atoms with E-state index in [1.54, 1.807) is 0 Å². The van der Waals surface area contributed by atoms with Crippen molar-refractivity contribution in [2.45, 2.75) is 40.5 Å². The predicted molar refractivity (Wildman–Crippen MR) is 97.4 cm³/mol. The molecule has 0 fully saturated rings. The van der Waals surface area contributed by atoms with Gasteiger partial charge in [-0.1, -0.05) is 52.5 Å². The summed E-state index contributed by atoms with van der Waals surface area (Å²) in [5.74, 6) is 2.42. The first kappa shape index (κ1) is 18.8. The highest BCUT2D eigenvalue weighted by Crippen LogP contribution is 2.13. The van der Waals surface area contributed by atoms with Crippen LogP contribution in [0.15, 0.2) is 30.8 Å². The summed E-state index contributed by atoms with van der Waals surface area (Å²) in [7, 11) is 0. The van der Waals surface area contributed by atoms with Gasteiger partial charge in [0.2, 0.25) is 0 Å². The average Bonchev–Trinajstić information content (AvgIpc) is 2.46. The summed E-state index contributed by atoms with van der Waals surface area (Å²) in [6, 6.07) is 8.10. The zero-order valence-corrected chi connectivity index (χ0v) is 14.8. The van der Waals surface area contributed by atoms with E-state index in [0.29, 0.717) is 0 Å². The normalized spacial score (nSPS) is 11.4. The first-order valence-corrected chi connectivity index (χ1v) is 8.59. The van der Waals surface area contributed by atoms with Crippen molar-refractivity contribution < 1.29 is 4.74 Å². The van der Waals surface area contributed by atoms with Crippen molar-refractivity contribution >= 4 is 6.08 Å². The van der Waals surface area contributed by atoms with Gasteiger partial charge in [0.25, 0.3) is 0 Å². The molecule has 0 saturated heterocycles. The Kier molecular flexibility index (Phi) is 8.91. The zero-order chi connectivity index (χ0) is 16.4. The van der Waals surface area contributed by atoms with Crippen LogP contribution in [0.4, 0.5) is 0 Å². The minimum atomic E-state index is 0.735. The molecule has 0 atom stereocenters. The minimum absolute atomic E-state index is 0.735. The van der Waals surface area contributed by atoms with Gasteiger partial charge in [-0.05, 0) is 48.9 Å². The highest BCUT2D eigenvalue weighted by atomic mass is 16.5. The van der Waals surface area contributed by atoms with Crippen molar-refractivity contribution in [1.29, 1.82) is 0 Å². The molecule has 0 radical (unpaired) electrons. The van der Waals surface area contributed by atoms with E-state index in [-0.39, 0.29) is 0 Å². The predicted octanol–water partition coefficient (Wildman–Crippen LogP) is 5.10. The van der Waals surface area contributed by atoms with Crippen molar-refractivity contribution in [2.24, 2.45) is 11.8 Å². The number of ether oxygens (including phenoxy) is 1. The molecule has 0 amide bonds. The van der Waals surface area contributed by atoms with Gasteiger partial charge in [-0.2, -0.15) is 0 Å². The fourth-order valence-corrected chi connectivity index (χ4v) is 2.62. The molecule has 0 aliphatic rings. The van der Waals surface area contributed by atoms with E-state index in [4.69, 9.17) is 4.74 Å².